The van der Waals surface area contributed by atoms with E-state index < -0.39 is 0 Å². The van der Waals surface area contributed by atoms with E-state index in [0.29, 0.717) is 18.0 Å². The Morgan fingerprint density at radius 3 is 2.70 bits per heavy atom. The number of oxazole rings is 1. The molecule has 1 unspecified atom stereocenters. The molecule has 1 aromatic heterocycles. The highest BCUT2D eigenvalue weighted by molar-refractivity contribution is 5.94. The molecule has 1 aliphatic rings. The quantitative estimate of drug-likeness (QED) is 0.457. The summed E-state index contributed by atoms with van der Waals surface area (Å²) < 4.78 is 11.6. The molecule has 0 spiro atoms. The number of para-hydroxylation sites is 1. The van der Waals surface area contributed by atoms with E-state index in [-0.39, 0.29) is 11.9 Å². The van der Waals surface area contributed by atoms with Crippen LogP contribution in [0.1, 0.15) is 35.1 Å². The molecule has 0 N–H and O–H groups in total. The molecule has 0 saturated carbocycles. The minimum atomic E-state index is -0.139. The number of amides is 1. The van der Waals surface area contributed by atoms with Crippen LogP contribution in [-0.2, 0) is 0 Å². The van der Waals surface area contributed by atoms with Crippen LogP contribution in [0.5, 0.6) is 5.75 Å². The van der Waals surface area contributed by atoms with Crippen molar-refractivity contribution in [2.75, 3.05) is 13.7 Å². The number of hydrogen-bond donors (Lipinski definition) is 0. The van der Waals surface area contributed by atoms with Gasteiger partial charge in [-0.1, -0.05) is 42.5 Å². The van der Waals surface area contributed by atoms with E-state index in [1.807, 2.05) is 77.7 Å². The van der Waals surface area contributed by atoms with Crippen LogP contribution < -0.4 is 4.74 Å². The number of nitrogens with zero attached hydrogens (tertiary/aromatic N) is 2. The molecule has 4 aromatic rings. The van der Waals surface area contributed by atoms with E-state index in [4.69, 9.17) is 14.1 Å². The molecule has 1 aliphatic heterocycles. The highest BCUT2D eigenvalue weighted by Gasteiger charge is 2.34. The number of methoxy groups -OCH3 is 1. The normalized spacial score (nSPS) is 16.2. The molecule has 1 saturated heterocycles. The summed E-state index contributed by atoms with van der Waals surface area (Å²) in [6.07, 6.45) is 1.79. The van der Waals surface area contributed by atoms with Crippen molar-refractivity contribution in [3.63, 3.8) is 0 Å². The molecule has 3 aromatic carbocycles. The molecule has 2 heterocycles. The lowest BCUT2D eigenvalue weighted by Crippen LogP contribution is -2.30. The predicted molar refractivity (Wildman–Crippen MR) is 115 cm³/mol. The zero-order valence-corrected chi connectivity index (χ0v) is 16.7. The fraction of sp³-hybridized carbons (Fsp3) is 0.200. The monoisotopic (exact) mass is 398 g/mol. The molecule has 1 amide bonds. The van der Waals surface area contributed by atoms with Gasteiger partial charge in [0.25, 0.3) is 5.91 Å². The third-order valence-corrected chi connectivity index (χ3v) is 5.64. The van der Waals surface area contributed by atoms with Crippen molar-refractivity contribution in [1.29, 1.82) is 0 Å². The average Bonchev–Trinajstić information content (AvgIpc) is 3.45. The van der Waals surface area contributed by atoms with Crippen molar-refractivity contribution < 1.29 is 13.9 Å². The molecule has 0 aliphatic carbocycles. The number of aromatic nitrogens is 1. The lowest BCUT2D eigenvalue weighted by molar-refractivity contribution is 0.0717. The standard InChI is InChI=1S/C25H22N2O3/c1-29-22-12-6-5-10-19(22)18-13-14-23-20(16-18)26-24(30-23)21-11-7-15-27(21)25(28)17-8-3-2-4-9-17/h2-6,8-10,12-14,16,21H,7,11,15H2,1H3. The summed E-state index contributed by atoms with van der Waals surface area (Å²) in [6.45, 7) is 0.712. The first kappa shape index (κ1) is 18.4. The fourth-order valence-corrected chi connectivity index (χ4v) is 4.15. The van der Waals surface area contributed by atoms with Crippen molar-refractivity contribution >= 4 is 17.0 Å². The Kier molecular flexibility index (Phi) is 4.71. The average molecular weight is 398 g/mol. The summed E-state index contributed by atoms with van der Waals surface area (Å²) in [5, 5.41) is 0. The minimum absolute atomic E-state index is 0.0232. The summed E-state index contributed by atoms with van der Waals surface area (Å²) >= 11 is 0. The smallest absolute Gasteiger partial charge is 0.254 e. The van der Waals surface area contributed by atoms with Gasteiger partial charge in [0.15, 0.2) is 5.58 Å². The molecule has 5 rings (SSSR count). The lowest BCUT2D eigenvalue weighted by Gasteiger charge is -2.22. The van der Waals surface area contributed by atoms with Gasteiger partial charge in [-0.15, -0.1) is 0 Å². The van der Waals surface area contributed by atoms with Crippen molar-refractivity contribution in [3.8, 4) is 16.9 Å². The zero-order valence-electron chi connectivity index (χ0n) is 16.7. The number of hydrogen-bond acceptors (Lipinski definition) is 4. The maximum absolute atomic E-state index is 13.0. The van der Waals surface area contributed by atoms with Gasteiger partial charge in [-0.2, -0.15) is 0 Å². The number of ether oxygens (including phenoxy) is 1. The molecule has 5 nitrogen and oxygen atoms in total. The van der Waals surface area contributed by atoms with E-state index in [2.05, 4.69) is 0 Å². The number of rotatable bonds is 4. The van der Waals surface area contributed by atoms with Gasteiger partial charge in [0.05, 0.1) is 7.11 Å². The van der Waals surface area contributed by atoms with Crippen LogP contribution in [0.3, 0.4) is 0 Å². The van der Waals surface area contributed by atoms with E-state index in [1.54, 1.807) is 7.11 Å². The molecule has 0 bridgehead atoms. The first-order chi connectivity index (χ1) is 14.7. The number of fused-ring (bicyclic) bond motifs is 1. The van der Waals surface area contributed by atoms with Crippen LogP contribution in [0.2, 0.25) is 0 Å². The first-order valence-corrected chi connectivity index (χ1v) is 10.1. The van der Waals surface area contributed by atoms with Crippen LogP contribution >= 0.6 is 0 Å². The SMILES string of the molecule is COc1ccccc1-c1ccc2oc(C3CCCN3C(=O)c3ccccc3)nc2c1. The van der Waals surface area contributed by atoms with Crippen LogP contribution in [0.4, 0.5) is 0 Å². The summed E-state index contributed by atoms with van der Waals surface area (Å²) in [7, 11) is 1.67. The number of benzene rings is 3. The van der Waals surface area contributed by atoms with Crippen molar-refractivity contribution in [1.82, 2.24) is 9.88 Å². The maximum atomic E-state index is 13.0. The third kappa shape index (κ3) is 3.22. The molecule has 1 atom stereocenters. The van der Waals surface area contributed by atoms with Crippen molar-refractivity contribution in [2.45, 2.75) is 18.9 Å². The molecule has 5 heteroatoms. The predicted octanol–water partition coefficient (Wildman–Crippen LogP) is 5.48. The number of carbonyl (C=O) groups excluding carboxylic acids is 1. The maximum Gasteiger partial charge on any atom is 0.254 e. The number of likely N-dealkylation sites (tertiary alicyclic amines) is 1. The fourth-order valence-electron chi connectivity index (χ4n) is 4.15. The van der Waals surface area contributed by atoms with Crippen LogP contribution in [0.25, 0.3) is 22.2 Å². The van der Waals surface area contributed by atoms with Gasteiger partial charge in [-0.3, -0.25) is 4.79 Å². The summed E-state index contributed by atoms with van der Waals surface area (Å²) in [5.74, 6) is 1.44. The Hall–Kier alpha value is -3.60. The van der Waals surface area contributed by atoms with Gasteiger partial charge in [0.1, 0.15) is 17.3 Å². The largest absolute Gasteiger partial charge is 0.496 e. The molecular weight excluding hydrogens is 376 g/mol. The van der Waals surface area contributed by atoms with E-state index in [0.717, 1.165) is 40.8 Å². The summed E-state index contributed by atoms with van der Waals surface area (Å²) in [4.78, 5) is 19.6. The summed E-state index contributed by atoms with van der Waals surface area (Å²) in [5.41, 5.74) is 4.23. The second-order valence-corrected chi connectivity index (χ2v) is 7.46. The Labute approximate surface area is 174 Å². The third-order valence-electron chi connectivity index (χ3n) is 5.64. The molecular formula is C25H22N2O3. The van der Waals surface area contributed by atoms with Crippen molar-refractivity contribution in [3.05, 3.63) is 84.3 Å². The van der Waals surface area contributed by atoms with E-state index in [1.165, 1.54) is 0 Å². The molecule has 30 heavy (non-hydrogen) atoms. The number of carbonyl (C=O) groups is 1. The van der Waals surface area contributed by atoms with Crippen LogP contribution in [-0.4, -0.2) is 29.4 Å². The first-order valence-electron chi connectivity index (χ1n) is 10.1. The van der Waals surface area contributed by atoms with E-state index >= 15 is 0 Å². The topological polar surface area (TPSA) is 55.6 Å². The Bertz CT molecular complexity index is 1200. The molecule has 1 fully saturated rings. The lowest BCUT2D eigenvalue weighted by atomic mass is 10.0. The van der Waals surface area contributed by atoms with Gasteiger partial charge in [-0.05, 0) is 48.7 Å². The Balaban J connectivity index is 1.48. The highest BCUT2D eigenvalue weighted by Crippen LogP contribution is 2.36. The minimum Gasteiger partial charge on any atom is -0.496 e. The van der Waals surface area contributed by atoms with Gasteiger partial charge < -0.3 is 14.1 Å². The van der Waals surface area contributed by atoms with Crippen molar-refractivity contribution in [2.24, 2.45) is 0 Å². The van der Waals surface area contributed by atoms with Gasteiger partial charge in [0, 0.05) is 17.7 Å². The van der Waals surface area contributed by atoms with Gasteiger partial charge >= 0.3 is 0 Å². The van der Waals surface area contributed by atoms with Gasteiger partial charge in [0.2, 0.25) is 5.89 Å². The van der Waals surface area contributed by atoms with E-state index in [9.17, 15) is 4.79 Å². The molecule has 150 valence electrons. The Morgan fingerprint density at radius 2 is 1.87 bits per heavy atom. The highest BCUT2D eigenvalue weighted by atomic mass is 16.5. The second-order valence-electron chi connectivity index (χ2n) is 7.46. The van der Waals surface area contributed by atoms with Crippen LogP contribution in [0.15, 0.2) is 77.2 Å². The van der Waals surface area contributed by atoms with Crippen LogP contribution in [0, 0.1) is 0 Å². The van der Waals surface area contributed by atoms with Gasteiger partial charge in [-0.25, -0.2) is 4.98 Å². The molecule has 0 radical (unpaired) electrons. The zero-order chi connectivity index (χ0) is 20.5. The second kappa shape index (κ2) is 7.67. The summed E-state index contributed by atoms with van der Waals surface area (Å²) in [6, 6.07) is 23.1. The Morgan fingerprint density at radius 1 is 1.07 bits per heavy atom.